The number of hydrogen-bond donors (Lipinski definition) is 2. The zero-order chi connectivity index (χ0) is 12.7. The molecule has 0 aliphatic carbocycles. The van der Waals surface area contributed by atoms with E-state index in [2.05, 4.69) is 26.1 Å². The van der Waals surface area contributed by atoms with E-state index in [9.17, 15) is 0 Å². The number of aromatic amines is 1. The molecular weight excluding hydrogens is 298 g/mol. The lowest BCUT2D eigenvalue weighted by molar-refractivity contribution is 0.170. The van der Waals surface area contributed by atoms with Crippen LogP contribution in [0.1, 0.15) is 5.56 Å². The van der Waals surface area contributed by atoms with Gasteiger partial charge in [0.1, 0.15) is 19.0 Å². The van der Waals surface area contributed by atoms with Crippen LogP contribution in [0.5, 0.6) is 11.5 Å². The molecule has 18 heavy (non-hydrogen) atoms. The molecule has 5 nitrogen and oxygen atoms in total. The van der Waals surface area contributed by atoms with Gasteiger partial charge < -0.3 is 15.2 Å². The Balaban J connectivity index is 2.20. The number of aromatic nitrogens is 2. The Kier molecular flexibility index (Phi) is 2.66. The van der Waals surface area contributed by atoms with Crippen molar-refractivity contribution in [1.82, 2.24) is 10.2 Å². The van der Waals surface area contributed by atoms with E-state index in [0.29, 0.717) is 19.0 Å². The van der Waals surface area contributed by atoms with Crippen molar-refractivity contribution in [3.63, 3.8) is 0 Å². The van der Waals surface area contributed by atoms with Crippen molar-refractivity contribution >= 4 is 21.7 Å². The Bertz CT molecular complexity index is 610. The zero-order valence-corrected chi connectivity index (χ0v) is 11.4. The normalized spacial score (nSPS) is 13.7. The molecule has 6 heteroatoms. The molecular formula is C12H12BrN3O2. The second-order valence-corrected chi connectivity index (χ2v) is 4.94. The van der Waals surface area contributed by atoms with Crippen LogP contribution in [0, 0.1) is 6.92 Å². The van der Waals surface area contributed by atoms with Crippen molar-refractivity contribution in [1.29, 1.82) is 0 Å². The number of H-pyrrole nitrogens is 1. The van der Waals surface area contributed by atoms with Gasteiger partial charge in [-0.3, -0.25) is 5.10 Å². The Hall–Kier alpha value is -1.69. The van der Waals surface area contributed by atoms with E-state index in [1.165, 1.54) is 0 Å². The number of ether oxygens (including phenoxy) is 2. The van der Waals surface area contributed by atoms with Crippen molar-refractivity contribution < 1.29 is 9.47 Å². The average molecular weight is 310 g/mol. The number of hydrogen-bond acceptors (Lipinski definition) is 4. The van der Waals surface area contributed by atoms with Crippen LogP contribution in [-0.4, -0.2) is 23.4 Å². The Morgan fingerprint density at radius 2 is 2.11 bits per heavy atom. The molecule has 94 valence electrons. The van der Waals surface area contributed by atoms with Gasteiger partial charge in [-0.15, -0.1) is 0 Å². The summed E-state index contributed by atoms with van der Waals surface area (Å²) in [5.41, 5.74) is 8.49. The Morgan fingerprint density at radius 3 is 2.83 bits per heavy atom. The summed E-state index contributed by atoms with van der Waals surface area (Å²) >= 11 is 3.55. The molecule has 0 amide bonds. The fourth-order valence-electron chi connectivity index (χ4n) is 2.11. The van der Waals surface area contributed by atoms with E-state index >= 15 is 0 Å². The lowest BCUT2D eigenvalue weighted by Crippen LogP contribution is -2.16. The predicted octanol–water partition coefficient (Wildman–Crippen LogP) is 2.50. The highest BCUT2D eigenvalue weighted by molar-refractivity contribution is 9.10. The number of fused-ring (bicyclic) bond motifs is 1. The second kappa shape index (κ2) is 4.20. The van der Waals surface area contributed by atoms with E-state index in [-0.39, 0.29) is 0 Å². The fraction of sp³-hybridized carbons (Fsp3) is 0.250. The number of benzene rings is 1. The molecule has 2 heterocycles. The van der Waals surface area contributed by atoms with E-state index in [4.69, 9.17) is 15.2 Å². The van der Waals surface area contributed by atoms with Crippen LogP contribution >= 0.6 is 15.9 Å². The third-order valence-electron chi connectivity index (χ3n) is 2.89. The lowest BCUT2D eigenvalue weighted by atomic mass is 10.0. The molecule has 0 atom stereocenters. The molecule has 2 aromatic rings. The lowest BCUT2D eigenvalue weighted by Gasteiger charge is -2.22. The molecule has 0 fully saturated rings. The van der Waals surface area contributed by atoms with E-state index < -0.39 is 0 Å². The minimum atomic E-state index is 0.464. The van der Waals surface area contributed by atoms with Crippen molar-refractivity contribution in [3.8, 4) is 22.8 Å². The first-order valence-corrected chi connectivity index (χ1v) is 6.36. The monoisotopic (exact) mass is 309 g/mol. The largest absolute Gasteiger partial charge is 0.486 e. The maximum absolute atomic E-state index is 5.67. The highest BCUT2D eigenvalue weighted by Crippen LogP contribution is 2.43. The first kappa shape index (κ1) is 11.4. The smallest absolute Gasteiger partial charge is 0.165 e. The number of nitrogens with zero attached hydrogens (tertiary/aromatic N) is 1. The standard InChI is InChI=1S/C12H12BrN3O2/c1-6-11(8-5-10(14)16-15-8)7(13)4-9-12(6)18-3-2-17-9/h4-5H,2-3H2,1H3,(H3,14,15,16). The second-order valence-electron chi connectivity index (χ2n) is 4.09. The molecule has 1 aromatic heterocycles. The van der Waals surface area contributed by atoms with Gasteiger partial charge in [-0.2, -0.15) is 5.10 Å². The first-order chi connectivity index (χ1) is 8.66. The van der Waals surface area contributed by atoms with Crippen LogP contribution < -0.4 is 15.2 Å². The van der Waals surface area contributed by atoms with Crippen molar-refractivity contribution in [2.75, 3.05) is 18.9 Å². The van der Waals surface area contributed by atoms with Crippen LogP contribution in [0.15, 0.2) is 16.6 Å². The van der Waals surface area contributed by atoms with Gasteiger partial charge in [0.15, 0.2) is 11.5 Å². The van der Waals surface area contributed by atoms with E-state index in [1.807, 2.05) is 13.0 Å². The molecule has 0 unspecified atom stereocenters. The van der Waals surface area contributed by atoms with Gasteiger partial charge in [0.25, 0.3) is 0 Å². The molecule has 0 saturated heterocycles. The number of rotatable bonds is 1. The molecule has 0 saturated carbocycles. The molecule has 0 bridgehead atoms. The Morgan fingerprint density at radius 1 is 1.33 bits per heavy atom. The van der Waals surface area contributed by atoms with Crippen LogP contribution in [-0.2, 0) is 0 Å². The summed E-state index contributed by atoms with van der Waals surface area (Å²) in [6, 6.07) is 3.71. The van der Waals surface area contributed by atoms with Crippen LogP contribution in [0.3, 0.4) is 0 Å². The van der Waals surface area contributed by atoms with E-state index in [0.717, 1.165) is 32.8 Å². The molecule has 0 spiro atoms. The summed E-state index contributed by atoms with van der Waals surface area (Å²) < 4.78 is 12.2. The minimum absolute atomic E-state index is 0.464. The number of nitrogens with two attached hydrogens (primary N) is 1. The van der Waals surface area contributed by atoms with Crippen LogP contribution in [0.4, 0.5) is 5.82 Å². The van der Waals surface area contributed by atoms with Gasteiger partial charge >= 0.3 is 0 Å². The van der Waals surface area contributed by atoms with E-state index in [1.54, 1.807) is 6.07 Å². The van der Waals surface area contributed by atoms with Crippen molar-refractivity contribution in [2.45, 2.75) is 6.92 Å². The maximum Gasteiger partial charge on any atom is 0.165 e. The van der Waals surface area contributed by atoms with Crippen molar-refractivity contribution in [3.05, 3.63) is 22.2 Å². The zero-order valence-electron chi connectivity index (χ0n) is 9.79. The molecule has 1 aromatic carbocycles. The van der Waals surface area contributed by atoms with Gasteiger partial charge in [-0.25, -0.2) is 0 Å². The summed E-state index contributed by atoms with van der Waals surface area (Å²) in [5.74, 6) is 2.01. The highest BCUT2D eigenvalue weighted by atomic mass is 79.9. The molecule has 1 aliphatic heterocycles. The summed E-state index contributed by atoms with van der Waals surface area (Å²) in [6.07, 6.45) is 0. The average Bonchev–Trinajstić information content (AvgIpc) is 2.76. The maximum atomic E-state index is 5.67. The minimum Gasteiger partial charge on any atom is -0.486 e. The Labute approximate surface area is 112 Å². The molecule has 3 rings (SSSR count). The molecule has 3 N–H and O–H groups in total. The fourth-order valence-corrected chi connectivity index (χ4v) is 2.83. The van der Waals surface area contributed by atoms with Crippen LogP contribution in [0.25, 0.3) is 11.3 Å². The number of nitrogens with one attached hydrogen (secondary N) is 1. The summed E-state index contributed by atoms with van der Waals surface area (Å²) in [7, 11) is 0. The summed E-state index contributed by atoms with van der Waals surface area (Å²) in [5, 5.41) is 6.86. The summed E-state index contributed by atoms with van der Waals surface area (Å²) in [4.78, 5) is 0. The third kappa shape index (κ3) is 1.73. The highest BCUT2D eigenvalue weighted by Gasteiger charge is 2.21. The van der Waals surface area contributed by atoms with Crippen LogP contribution in [0.2, 0.25) is 0 Å². The van der Waals surface area contributed by atoms with Crippen molar-refractivity contribution in [2.24, 2.45) is 0 Å². The number of halogens is 1. The number of anilines is 1. The van der Waals surface area contributed by atoms with Gasteiger partial charge in [0, 0.05) is 21.7 Å². The molecule has 1 aliphatic rings. The van der Waals surface area contributed by atoms with Gasteiger partial charge in [0.2, 0.25) is 0 Å². The number of nitrogen functional groups attached to an aromatic ring is 1. The third-order valence-corrected chi connectivity index (χ3v) is 3.52. The SMILES string of the molecule is Cc1c2c(cc(Br)c1-c1cc(N)n[nH]1)OCCO2. The quantitative estimate of drug-likeness (QED) is 0.849. The van der Waals surface area contributed by atoms with Gasteiger partial charge in [0.05, 0.1) is 5.69 Å². The summed E-state index contributed by atoms with van der Waals surface area (Å²) in [6.45, 7) is 3.14. The molecule has 0 radical (unpaired) electrons. The topological polar surface area (TPSA) is 73.2 Å². The van der Waals surface area contributed by atoms with Gasteiger partial charge in [-0.05, 0) is 28.9 Å². The predicted molar refractivity (Wildman–Crippen MR) is 71.9 cm³/mol. The first-order valence-electron chi connectivity index (χ1n) is 5.57. The van der Waals surface area contributed by atoms with Gasteiger partial charge in [-0.1, -0.05) is 0 Å².